The van der Waals surface area contributed by atoms with Gasteiger partial charge in [0, 0.05) is 0 Å². The number of ether oxygens (including phenoxy) is 1. The molecule has 1 aliphatic rings. The highest BCUT2D eigenvalue weighted by Gasteiger charge is 2.58. The van der Waals surface area contributed by atoms with E-state index in [1.165, 1.54) is 0 Å². The van der Waals surface area contributed by atoms with Crippen LogP contribution in [0.1, 0.15) is 40.2 Å². The number of amidine groups is 1. The van der Waals surface area contributed by atoms with E-state index in [2.05, 4.69) is 11.8 Å². The molecule has 0 unspecified atom stereocenters. The highest BCUT2D eigenvalue weighted by atomic mass is 16.5. The fourth-order valence-corrected chi connectivity index (χ4v) is 2.25. The minimum Gasteiger partial charge on any atom is -0.714 e. The van der Waals surface area contributed by atoms with E-state index in [0.717, 1.165) is 9.80 Å². The highest BCUT2D eigenvalue weighted by molar-refractivity contribution is 5.96. The van der Waals surface area contributed by atoms with E-state index in [-0.39, 0.29) is 5.84 Å². The van der Waals surface area contributed by atoms with Crippen LogP contribution in [0.4, 0.5) is 0 Å². The largest absolute Gasteiger partial charge is 0.714 e. The lowest BCUT2D eigenvalue weighted by atomic mass is 9.84. The van der Waals surface area contributed by atoms with Gasteiger partial charge in [0.1, 0.15) is 17.9 Å². The normalized spacial score (nSPS) is 18.9. The lowest BCUT2D eigenvalue weighted by molar-refractivity contribution is -0.539. The summed E-state index contributed by atoms with van der Waals surface area (Å²) in [5, 5.41) is 24.1. The molecule has 1 aromatic carbocycles. The van der Waals surface area contributed by atoms with Crippen LogP contribution in [0.25, 0.3) is 0 Å². The van der Waals surface area contributed by atoms with Gasteiger partial charge in [0.15, 0.2) is 5.54 Å². The van der Waals surface area contributed by atoms with Gasteiger partial charge >= 0.3 is 5.84 Å². The molecular formula is C17H22N2O3. The van der Waals surface area contributed by atoms with Crippen LogP contribution in [0.5, 0.6) is 5.75 Å². The van der Waals surface area contributed by atoms with Gasteiger partial charge < -0.3 is 9.94 Å². The summed E-state index contributed by atoms with van der Waals surface area (Å²) in [5.41, 5.74) is -0.802. The fourth-order valence-electron chi connectivity index (χ4n) is 2.25. The number of benzene rings is 1. The zero-order chi connectivity index (χ0) is 16.5. The minimum atomic E-state index is -0.747. The molecule has 0 saturated heterocycles. The second kappa shape index (κ2) is 5.54. The maximum atomic E-state index is 12.6. The number of rotatable bonds is 3. The quantitative estimate of drug-likeness (QED) is 0.530. The van der Waals surface area contributed by atoms with Crippen molar-refractivity contribution in [1.29, 1.82) is 0 Å². The fraction of sp³-hybridized carbons (Fsp3) is 0.471. The maximum Gasteiger partial charge on any atom is 0.313 e. The first-order valence-corrected chi connectivity index (χ1v) is 7.19. The van der Waals surface area contributed by atoms with Crippen molar-refractivity contribution in [3.05, 3.63) is 35.0 Å². The molecule has 0 atom stereocenters. The van der Waals surface area contributed by atoms with E-state index in [1.807, 2.05) is 27.7 Å². The predicted octanol–water partition coefficient (Wildman–Crippen LogP) is 2.61. The molecule has 1 aliphatic heterocycles. The van der Waals surface area contributed by atoms with E-state index in [1.54, 1.807) is 31.2 Å². The molecule has 0 fully saturated rings. The van der Waals surface area contributed by atoms with Gasteiger partial charge in [-0.3, -0.25) is 4.74 Å². The van der Waals surface area contributed by atoms with Gasteiger partial charge in [0.05, 0.1) is 5.56 Å². The summed E-state index contributed by atoms with van der Waals surface area (Å²) in [7, 11) is 0. The molecular weight excluding hydrogens is 280 g/mol. The van der Waals surface area contributed by atoms with E-state index in [0.29, 0.717) is 17.9 Å². The zero-order valence-corrected chi connectivity index (χ0v) is 13.7. The number of hydrogen-bond acceptors (Lipinski definition) is 4. The van der Waals surface area contributed by atoms with E-state index in [4.69, 9.17) is 4.74 Å². The molecule has 0 bridgehead atoms. The molecule has 1 N–H and O–H groups in total. The molecule has 2 rings (SSSR count). The topological polar surface area (TPSA) is 58.8 Å². The van der Waals surface area contributed by atoms with Crippen molar-refractivity contribution in [3.63, 3.8) is 0 Å². The third kappa shape index (κ3) is 2.40. The lowest BCUT2D eigenvalue weighted by Gasteiger charge is -2.33. The molecule has 0 radical (unpaired) electrons. The Morgan fingerprint density at radius 2 is 1.82 bits per heavy atom. The summed E-state index contributed by atoms with van der Waals surface area (Å²) < 4.78 is 6.32. The Labute approximate surface area is 131 Å². The second-order valence-corrected chi connectivity index (χ2v) is 6.29. The molecule has 5 heteroatoms. The zero-order valence-electron chi connectivity index (χ0n) is 13.7. The average molecular weight is 302 g/mol. The third-order valence-corrected chi connectivity index (χ3v) is 4.53. The molecule has 0 spiro atoms. The van der Waals surface area contributed by atoms with E-state index in [9.17, 15) is 10.4 Å². The van der Waals surface area contributed by atoms with Crippen LogP contribution < -0.4 is 4.74 Å². The van der Waals surface area contributed by atoms with Crippen molar-refractivity contribution in [2.75, 3.05) is 6.61 Å². The Morgan fingerprint density at radius 3 is 2.27 bits per heavy atom. The van der Waals surface area contributed by atoms with Gasteiger partial charge in [0.25, 0.3) is 0 Å². The predicted molar refractivity (Wildman–Crippen MR) is 84.9 cm³/mol. The molecule has 1 aromatic rings. The standard InChI is InChI=1S/C17H22N2O3/c1-6-7-12-22-14-10-8-13(9-11-14)15-18(20)16(2,3)17(4,5)19(15)21/h8-11,20H,12H2,1-5H3. The summed E-state index contributed by atoms with van der Waals surface area (Å²) in [5.74, 6) is 6.49. The first kappa shape index (κ1) is 16.2. The number of hydroxylamine groups is 3. The number of nitrogens with zero attached hydrogens (tertiary/aromatic N) is 2. The van der Waals surface area contributed by atoms with Crippen LogP contribution in [0.2, 0.25) is 0 Å². The van der Waals surface area contributed by atoms with Crippen molar-refractivity contribution in [3.8, 4) is 17.6 Å². The first-order valence-electron chi connectivity index (χ1n) is 7.19. The van der Waals surface area contributed by atoms with Gasteiger partial charge in [0.2, 0.25) is 0 Å². The highest BCUT2D eigenvalue weighted by Crippen LogP contribution is 2.37. The van der Waals surface area contributed by atoms with Crippen LogP contribution in [-0.2, 0) is 0 Å². The van der Waals surface area contributed by atoms with E-state index < -0.39 is 11.1 Å². The summed E-state index contributed by atoms with van der Waals surface area (Å²) in [6.07, 6.45) is 0. The Morgan fingerprint density at radius 1 is 1.23 bits per heavy atom. The van der Waals surface area contributed by atoms with Crippen molar-refractivity contribution in [2.24, 2.45) is 0 Å². The maximum absolute atomic E-state index is 12.6. The Hall–Kier alpha value is -2.19. The van der Waals surface area contributed by atoms with Gasteiger partial charge in [-0.25, -0.2) is 5.21 Å². The van der Waals surface area contributed by atoms with E-state index >= 15 is 0 Å². The SMILES string of the molecule is CC#CCOc1ccc(C2=[N+]([O-])C(C)(C)C(C)(C)N2O)cc1. The summed E-state index contributed by atoms with van der Waals surface area (Å²) >= 11 is 0. The lowest BCUT2D eigenvalue weighted by Crippen LogP contribution is -2.53. The van der Waals surface area contributed by atoms with Crippen molar-refractivity contribution in [2.45, 2.75) is 45.7 Å². The summed E-state index contributed by atoms with van der Waals surface area (Å²) in [6, 6.07) is 7.05. The molecule has 22 heavy (non-hydrogen) atoms. The third-order valence-electron chi connectivity index (χ3n) is 4.53. The van der Waals surface area contributed by atoms with Gasteiger partial charge in [-0.05, 0) is 58.9 Å². The Bertz CT molecular complexity index is 649. The smallest absolute Gasteiger partial charge is 0.313 e. The number of hydrogen-bond donors (Lipinski definition) is 1. The van der Waals surface area contributed by atoms with Gasteiger partial charge in [-0.2, -0.15) is 0 Å². The van der Waals surface area contributed by atoms with Crippen molar-refractivity contribution in [1.82, 2.24) is 5.06 Å². The molecule has 5 nitrogen and oxygen atoms in total. The van der Waals surface area contributed by atoms with Gasteiger partial charge in [-0.15, -0.1) is 11.0 Å². The molecule has 118 valence electrons. The van der Waals surface area contributed by atoms with Crippen LogP contribution in [0, 0.1) is 17.0 Å². The minimum absolute atomic E-state index is 0.245. The first-order chi connectivity index (χ1) is 10.2. The molecule has 0 aromatic heterocycles. The second-order valence-electron chi connectivity index (χ2n) is 6.29. The Kier molecular flexibility index (Phi) is 4.08. The Balaban J connectivity index is 2.31. The van der Waals surface area contributed by atoms with Crippen LogP contribution in [0.3, 0.4) is 0 Å². The van der Waals surface area contributed by atoms with Crippen LogP contribution >= 0.6 is 0 Å². The van der Waals surface area contributed by atoms with Crippen LogP contribution in [-0.4, -0.2) is 38.5 Å². The van der Waals surface area contributed by atoms with Crippen molar-refractivity contribution < 1.29 is 14.7 Å². The van der Waals surface area contributed by atoms with Crippen LogP contribution in [0.15, 0.2) is 24.3 Å². The average Bonchev–Trinajstić information content (AvgIpc) is 2.59. The monoisotopic (exact) mass is 302 g/mol. The summed E-state index contributed by atoms with van der Waals surface area (Å²) in [4.78, 5) is 0. The molecule has 0 amide bonds. The molecule has 0 saturated carbocycles. The van der Waals surface area contributed by atoms with Crippen molar-refractivity contribution >= 4 is 5.84 Å². The molecule has 0 aliphatic carbocycles. The van der Waals surface area contributed by atoms with Gasteiger partial charge in [-0.1, -0.05) is 5.92 Å². The summed E-state index contributed by atoms with van der Waals surface area (Å²) in [6.45, 7) is 9.39. The molecule has 1 heterocycles.